The van der Waals surface area contributed by atoms with E-state index in [1.165, 1.54) is 11.8 Å². The Morgan fingerprint density at radius 3 is 2.57 bits per heavy atom. The van der Waals surface area contributed by atoms with Gasteiger partial charge in [0, 0.05) is 10.8 Å². The van der Waals surface area contributed by atoms with Gasteiger partial charge in [0.15, 0.2) is 15.0 Å². The summed E-state index contributed by atoms with van der Waals surface area (Å²) in [6.07, 6.45) is 0.0613. The first-order valence-electron chi connectivity index (χ1n) is 9.13. The molecule has 2 aliphatic rings. The lowest BCUT2D eigenvalue weighted by atomic mass is 10.1. The number of sulfone groups is 1. The second-order valence-electron chi connectivity index (χ2n) is 7.02. The molecule has 2 aliphatic heterocycles. The Hall–Kier alpha value is -1.74. The molecule has 2 heterocycles. The molecule has 2 saturated heterocycles. The first-order chi connectivity index (χ1) is 14.3. The summed E-state index contributed by atoms with van der Waals surface area (Å²) in [5, 5.41) is 0.922. The fraction of sp³-hybridized carbons (Fsp3) is 0.300. The van der Waals surface area contributed by atoms with Crippen molar-refractivity contribution in [1.29, 1.82) is 0 Å². The molecule has 30 heavy (non-hydrogen) atoms. The highest BCUT2D eigenvalue weighted by atomic mass is 35.5. The van der Waals surface area contributed by atoms with E-state index in [9.17, 15) is 13.2 Å². The molecule has 158 valence electrons. The smallest absolute Gasteiger partial charge is 0.252 e. The average Bonchev–Trinajstić information content (AvgIpc) is 3.14. The number of anilines is 1. The van der Waals surface area contributed by atoms with Gasteiger partial charge in [-0.05, 0) is 18.2 Å². The van der Waals surface area contributed by atoms with E-state index in [-0.39, 0.29) is 35.1 Å². The maximum absolute atomic E-state index is 12.8. The van der Waals surface area contributed by atoms with E-state index in [2.05, 4.69) is 4.99 Å². The number of benzene rings is 2. The van der Waals surface area contributed by atoms with Crippen molar-refractivity contribution in [1.82, 2.24) is 0 Å². The highest BCUT2D eigenvalue weighted by Gasteiger charge is 2.50. The summed E-state index contributed by atoms with van der Waals surface area (Å²) in [6, 6.07) is 11.9. The van der Waals surface area contributed by atoms with Crippen LogP contribution in [-0.4, -0.2) is 49.4 Å². The van der Waals surface area contributed by atoms with E-state index in [1.807, 2.05) is 18.2 Å². The molecule has 2 aromatic carbocycles. The maximum atomic E-state index is 12.8. The zero-order valence-electron chi connectivity index (χ0n) is 15.9. The van der Waals surface area contributed by atoms with Crippen LogP contribution in [0.1, 0.15) is 5.56 Å². The molecule has 0 bridgehead atoms. The summed E-state index contributed by atoms with van der Waals surface area (Å²) in [4.78, 5) is 18.8. The summed E-state index contributed by atoms with van der Waals surface area (Å²) in [7, 11) is -1.64. The highest BCUT2D eigenvalue weighted by Crippen LogP contribution is 2.45. The number of hydrogen-bond acceptors (Lipinski definition) is 5. The highest BCUT2D eigenvalue weighted by molar-refractivity contribution is 8.16. The molecule has 0 aromatic heterocycles. The molecule has 0 spiro atoms. The van der Waals surface area contributed by atoms with Crippen molar-refractivity contribution in [2.45, 2.75) is 17.7 Å². The number of carbonyl (C=O) groups excluding carboxylic acids is 1. The summed E-state index contributed by atoms with van der Waals surface area (Å²) in [5.41, 5.74) is 1.20. The number of nitrogens with zero attached hydrogens (tertiary/aromatic N) is 2. The van der Waals surface area contributed by atoms with Crippen molar-refractivity contribution >= 4 is 61.6 Å². The lowest BCUT2D eigenvalue weighted by molar-refractivity contribution is -0.117. The normalized spacial score (nSPS) is 23.6. The largest absolute Gasteiger partial charge is 0.496 e. The van der Waals surface area contributed by atoms with Gasteiger partial charge < -0.3 is 9.64 Å². The number of hydrogen-bond donors (Lipinski definition) is 0. The first kappa shape index (κ1) is 21.5. The van der Waals surface area contributed by atoms with Crippen LogP contribution in [0, 0.1) is 0 Å². The molecule has 0 aliphatic carbocycles. The van der Waals surface area contributed by atoms with Gasteiger partial charge in [0.1, 0.15) is 5.75 Å². The van der Waals surface area contributed by atoms with Gasteiger partial charge in [-0.25, -0.2) is 8.42 Å². The number of thioether (sulfide) groups is 1. The number of para-hydroxylation sites is 2. The number of methoxy groups -OCH3 is 1. The standard InChI is InChI=1S/C20H18Cl2N2O4S2/c1-28-16-8-3-2-5-12(16)9-18(25)23-20-24(19-13(21)6-4-7-14(19)22)15-10-30(26,27)11-17(15)29-20/h2-8,15,17H,9-11H2,1H3/t15-,17+/m0/s1. The predicted octanol–water partition coefficient (Wildman–Crippen LogP) is 3.85. The lowest BCUT2D eigenvalue weighted by Crippen LogP contribution is -2.38. The SMILES string of the molecule is COc1ccccc1CC(=O)N=C1S[C@@H]2CS(=O)(=O)C[C@@H]2N1c1c(Cl)cccc1Cl. The van der Waals surface area contributed by atoms with Crippen molar-refractivity contribution < 1.29 is 17.9 Å². The number of fused-ring (bicyclic) bond motifs is 1. The molecule has 2 aromatic rings. The molecule has 0 saturated carbocycles. The van der Waals surface area contributed by atoms with Gasteiger partial charge in [-0.3, -0.25) is 4.79 Å². The van der Waals surface area contributed by atoms with Crippen molar-refractivity contribution in [2.75, 3.05) is 23.5 Å². The van der Waals surface area contributed by atoms with Crippen LogP contribution in [0.3, 0.4) is 0 Å². The minimum atomic E-state index is -3.19. The van der Waals surface area contributed by atoms with E-state index in [4.69, 9.17) is 27.9 Å². The fourth-order valence-electron chi connectivity index (χ4n) is 3.70. The predicted molar refractivity (Wildman–Crippen MR) is 122 cm³/mol. The molecular weight excluding hydrogens is 467 g/mol. The van der Waals surface area contributed by atoms with Crippen LogP contribution in [0.5, 0.6) is 5.75 Å². The Labute approximate surface area is 189 Å². The van der Waals surface area contributed by atoms with Gasteiger partial charge in [0.25, 0.3) is 5.91 Å². The van der Waals surface area contributed by atoms with Crippen molar-refractivity contribution in [3.63, 3.8) is 0 Å². The van der Waals surface area contributed by atoms with E-state index >= 15 is 0 Å². The minimum Gasteiger partial charge on any atom is -0.496 e. The van der Waals surface area contributed by atoms with Gasteiger partial charge in [-0.2, -0.15) is 4.99 Å². The summed E-state index contributed by atoms with van der Waals surface area (Å²) in [6.45, 7) is 0. The van der Waals surface area contributed by atoms with Crippen molar-refractivity contribution in [3.8, 4) is 5.75 Å². The van der Waals surface area contributed by atoms with E-state index in [0.29, 0.717) is 26.6 Å². The van der Waals surface area contributed by atoms with Gasteiger partial charge >= 0.3 is 0 Å². The van der Waals surface area contributed by atoms with Crippen LogP contribution in [0.25, 0.3) is 0 Å². The lowest BCUT2D eigenvalue weighted by Gasteiger charge is -2.26. The Balaban J connectivity index is 1.70. The number of carbonyl (C=O) groups is 1. The fourth-order valence-corrected chi connectivity index (χ4v) is 8.20. The molecule has 6 nitrogen and oxygen atoms in total. The first-order valence-corrected chi connectivity index (χ1v) is 12.6. The summed E-state index contributed by atoms with van der Waals surface area (Å²) >= 11 is 14.1. The Morgan fingerprint density at radius 2 is 1.87 bits per heavy atom. The molecule has 0 unspecified atom stereocenters. The number of amides is 1. The molecule has 4 rings (SSSR count). The third-order valence-corrected chi connectivity index (χ3v) is 8.82. The van der Waals surface area contributed by atoms with Crippen LogP contribution >= 0.6 is 35.0 Å². The van der Waals surface area contributed by atoms with Crippen LogP contribution < -0.4 is 9.64 Å². The molecule has 2 fully saturated rings. The monoisotopic (exact) mass is 484 g/mol. The van der Waals surface area contributed by atoms with Crippen LogP contribution in [0.4, 0.5) is 5.69 Å². The van der Waals surface area contributed by atoms with E-state index in [1.54, 1.807) is 36.3 Å². The zero-order valence-corrected chi connectivity index (χ0v) is 19.1. The van der Waals surface area contributed by atoms with Crippen LogP contribution in [-0.2, 0) is 21.1 Å². The van der Waals surface area contributed by atoms with Crippen LogP contribution in [0.2, 0.25) is 10.0 Å². The zero-order chi connectivity index (χ0) is 21.5. The molecule has 1 amide bonds. The van der Waals surface area contributed by atoms with E-state index < -0.39 is 9.84 Å². The topological polar surface area (TPSA) is 76.0 Å². The number of amidine groups is 1. The second-order valence-corrected chi connectivity index (χ2v) is 11.2. The molecule has 2 atom stereocenters. The van der Waals surface area contributed by atoms with Gasteiger partial charge in [-0.1, -0.05) is 59.2 Å². The number of halogens is 2. The summed E-state index contributed by atoms with van der Waals surface area (Å²) in [5.74, 6) is 0.240. The third-order valence-electron chi connectivity index (χ3n) is 5.00. The number of aliphatic imine (C=N–C) groups is 1. The van der Waals surface area contributed by atoms with Crippen LogP contribution in [0.15, 0.2) is 47.5 Å². The number of rotatable bonds is 4. The Kier molecular flexibility index (Phi) is 6.03. The number of ether oxygens (including phenoxy) is 1. The van der Waals surface area contributed by atoms with Gasteiger partial charge in [-0.15, -0.1) is 0 Å². The Morgan fingerprint density at radius 1 is 1.17 bits per heavy atom. The van der Waals surface area contributed by atoms with E-state index in [0.717, 1.165) is 5.56 Å². The van der Waals surface area contributed by atoms with Crippen molar-refractivity contribution in [2.24, 2.45) is 4.99 Å². The second kappa shape index (κ2) is 8.42. The molecule has 0 radical (unpaired) electrons. The van der Waals surface area contributed by atoms with Gasteiger partial charge in [0.2, 0.25) is 0 Å². The molecular formula is C20H18Cl2N2O4S2. The average molecular weight is 485 g/mol. The Bertz CT molecular complexity index is 1120. The van der Waals surface area contributed by atoms with Gasteiger partial charge in [0.05, 0.1) is 46.8 Å². The quantitative estimate of drug-likeness (QED) is 0.655. The maximum Gasteiger partial charge on any atom is 0.252 e. The molecule has 0 N–H and O–H groups in total. The summed E-state index contributed by atoms with van der Waals surface area (Å²) < 4.78 is 29.7. The molecule has 10 heteroatoms. The van der Waals surface area contributed by atoms with Crippen molar-refractivity contribution in [3.05, 3.63) is 58.1 Å². The minimum absolute atomic E-state index is 0.0284. The third kappa shape index (κ3) is 4.19.